The molecule has 0 aromatic heterocycles. The van der Waals surface area contributed by atoms with Crippen molar-refractivity contribution in [2.45, 2.75) is 32.8 Å². The third-order valence-corrected chi connectivity index (χ3v) is 7.38. The molecule has 0 bridgehead atoms. The molecule has 0 saturated carbocycles. The first-order chi connectivity index (χ1) is 16.9. The summed E-state index contributed by atoms with van der Waals surface area (Å²) in [5.41, 5.74) is 1.76. The van der Waals surface area contributed by atoms with Crippen LogP contribution in [0, 0.1) is 3.57 Å². The number of likely N-dealkylation sites (tertiary alicyclic amines) is 1. The Labute approximate surface area is 223 Å². The third-order valence-electron chi connectivity index (χ3n) is 5.75. The number of benzene rings is 2. The number of carbonyl (C=O) groups is 3. The minimum absolute atomic E-state index is 0.179. The van der Waals surface area contributed by atoms with Gasteiger partial charge in [-0.15, -0.1) is 0 Å². The standard InChI is InChI=1S/C26H27IN2O5S/c1-2-33-22-14-19(8-11-21(22)34-17-18-6-9-20(27)10-7-18)15-23-25(31)29(26(32)35-23)16-24(30)28-12-4-3-5-13-28/h6-11,14-15H,2-5,12-13,16-17H2,1H3/b23-15-. The molecule has 0 spiro atoms. The lowest BCUT2D eigenvalue weighted by Crippen LogP contribution is -2.44. The van der Waals surface area contributed by atoms with Crippen LogP contribution in [0.4, 0.5) is 4.79 Å². The maximum Gasteiger partial charge on any atom is 0.294 e. The number of thioether (sulfide) groups is 1. The van der Waals surface area contributed by atoms with E-state index in [9.17, 15) is 14.4 Å². The quantitative estimate of drug-likeness (QED) is 0.299. The van der Waals surface area contributed by atoms with Crippen molar-refractivity contribution in [3.8, 4) is 11.5 Å². The molecular formula is C26H27IN2O5S. The molecule has 35 heavy (non-hydrogen) atoms. The van der Waals surface area contributed by atoms with E-state index in [1.165, 1.54) is 0 Å². The monoisotopic (exact) mass is 606 g/mol. The van der Waals surface area contributed by atoms with Gasteiger partial charge in [0, 0.05) is 16.7 Å². The number of carbonyl (C=O) groups excluding carboxylic acids is 3. The fourth-order valence-electron chi connectivity index (χ4n) is 3.91. The number of piperidine rings is 1. The third kappa shape index (κ3) is 6.58. The highest BCUT2D eigenvalue weighted by molar-refractivity contribution is 14.1. The Morgan fingerprint density at radius 1 is 1.03 bits per heavy atom. The molecule has 2 heterocycles. The van der Waals surface area contributed by atoms with Crippen molar-refractivity contribution in [1.82, 2.24) is 9.80 Å². The zero-order chi connectivity index (χ0) is 24.8. The largest absolute Gasteiger partial charge is 0.490 e. The number of nitrogens with zero attached hydrogens (tertiary/aromatic N) is 2. The highest BCUT2D eigenvalue weighted by Gasteiger charge is 2.37. The van der Waals surface area contributed by atoms with E-state index in [0.29, 0.717) is 43.4 Å². The van der Waals surface area contributed by atoms with Gasteiger partial charge < -0.3 is 14.4 Å². The second-order valence-electron chi connectivity index (χ2n) is 8.26. The molecule has 0 N–H and O–H groups in total. The number of halogens is 1. The Kier molecular flexibility index (Phi) is 8.72. The van der Waals surface area contributed by atoms with Crippen LogP contribution in [0.5, 0.6) is 11.5 Å². The molecule has 2 aliphatic heterocycles. The molecule has 2 aromatic carbocycles. The molecule has 7 nitrogen and oxygen atoms in total. The van der Waals surface area contributed by atoms with Crippen molar-refractivity contribution in [3.63, 3.8) is 0 Å². The maximum absolute atomic E-state index is 12.9. The summed E-state index contributed by atoms with van der Waals surface area (Å²) in [6.07, 6.45) is 4.68. The summed E-state index contributed by atoms with van der Waals surface area (Å²) in [6, 6.07) is 13.5. The number of rotatable bonds is 8. The molecule has 2 saturated heterocycles. The van der Waals surface area contributed by atoms with E-state index in [1.807, 2.05) is 37.3 Å². The number of ether oxygens (including phenoxy) is 2. The summed E-state index contributed by atoms with van der Waals surface area (Å²) in [5.74, 6) is 0.540. The van der Waals surface area contributed by atoms with Gasteiger partial charge in [0.05, 0.1) is 11.5 Å². The smallest absolute Gasteiger partial charge is 0.294 e. The number of imide groups is 1. The van der Waals surface area contributed by atoms with Crippen molar-refractivity contribution >= 4 is 57.5 Å². The molecule has 2 aromatic rings. The summed E-state index contributed by atoms with van der Waals surface area (Å²) in [6.45, 7) is 3.91. The number of hydrogen-bond acceptors (Lipinski definition) is 6. The average molecular weight is 606 g/mol. The fourth-order valence-corrected chi connectivity index (χ4v) is 5.11. The predicted molar refractivity (Wildman–Crippen MR) is 144 cm³/mol. The van der Waals surface area contributed by atoms with Gasteiger partial charge in [-0.2, -0.15) is 0 Å². The SMILES string of the molecule is CCOc1cc(/C=C2\SC(=O)N(CC(=O)N3CCCCC3)C2=O)ccc1OCc1ccc(I)cc1. The lowest BCUT2D eigenvalue weighted by molar-refractivity contribution is -0.136. The van der Waals surface area contributed by atoms with Crippen LogP contribution in [0.1, 0.15) is 37.3 Å². The second-order valence-corrected chi connectivity index (χ2v) is 10.5. The average Bonchev–Trinajstić information content (AvgIpc) is 3.12. The molecule has 184 valence electrons. The van der Waals surface area contributed by atoms with Gasteiger partial charge >= 0.3 is 0 Å². The molecule has 0 aliphatic carbocycles. The lowest BCUT2D eigenvalue weighted by Gasteiger charge is -2.27. The Morgan fingerprint density at radius 2 is 1.77 bits per heavy atom. The van der Waals surface area contributed by atoms with Crippen LogP contribution in [0.15, 0.2) is 47.4 Å². The Morgan fingerprint density at radius 3 is 2.49 bits per heavy atom. The summed E-state index contributed by atoms with van der Waals surface area (Å²) in [7, 11) is 0. The van der Waals surface area contributed by atoms with Gasteiger partial charge in [0.15, 0.2) is 11.5 Å². The maximum atomic E-state index is 12.9. The molecule has 0 radical (unpaired) electrons. The molecule has 4 rings (SSSR count). The van der Waals surface area contributed by atoms with E-state index in [4.69, 9.17) is 9.47 Å². The highest BCUT2D eigenvalue weighted by atomic mass is 127. The molecular weight excluding hydrogens is 579 g/mol. The van der Waals surface area contributed by atoms with Crippen molar-refractivity contribution in [1.29, 1.82) is 0 Å². The Bertz CT molecular complexity index is 1130. The van der Waals surface area contributed by atoms with Crippen LogP contribution in [0.2, 0.25) is 0 Å². The molecule has 0 unspecified atom stereocenters. The Hall–Kier alpha value is -2.53. The van der Waals surface area contributed by atoms with E-state index in [1.54, 1.807) is 23.1 Å². The van der Waals surface area contributed by atoms with Gasteiger partial charge in [0.1, 0.15) is 13.2 Å². The highest BCUT2D eigenvalue weighted by Crippen LogP contribution is 2.35. The summed E-state index contributed by atoms with van der Waals surface area (Å²) in [5, 5.41) is -0.422. The summed E-state index contributed by atoms with van der Waals surface area (Å²) in [4.78, 5) is 41.0. The van der Waals surface area contributed by atoms with Gasteiger partial charge in [-0.1, -0.05) is 18.2 Å². The Balaban J connectivity index is 1.45. The van der Waals surface area contributed by atoms with Gasteiger partial charge in [0.25, 0.3) is 11.1 Å². The van der Waals surface area contributed by atoms with Crippen LogP contribution in [0.3, 0.4) is 0 Å². The molecule has 2 fully saturated rings. The fraction of sp³-hybridized carbons (Fsp3) is 0.346. The number of amides is 3. The van der Waals surface area contributed by atoms with E-state index < -0.39 is 11.1 Å². The summed E-state index contributed by atoms with van der Waals surface area (Å²) < 4.78 is 12.9. The zero-order valence-corrected chi connectivity index (χ0v) is 22.5. The van der Waals surface area contributed by atoms with Gasteiger partial charge in [-0.05, 0) is 102 Å². The van der Waals surface area contributed by atoms with Gasteiger partial charge in [-0.3, -0.25) is 19.3 Å². The normalized spacial score (nSPS) is 17.3. The van der Waals surface area contributed by atoms with Crippen LogP contribution in [-0.4, -0.2) is 53.1 Å². The van der Waals surface area contributed by atoms with Crippen LogP contribution >= 0.6 is 34.4 Å². The first kappa shape index (κ1) is 25.6. The molecule has 9 heteroatoms. The first-order valence-corrected chi connectivity index (χ1v) is 13.5. The van der Waals surface area contributed by atoms with E-state index in [-0.39, 0.29) is 17.4 Å². The van der Waals surface area contributed by atoms with Crippen LogP contribution < -0.4 is 9.47 Å². The lowest BCUT2D eigenvalue weighted by atomic mass is 10.1. The second kappa shape index (κ2) is 11.9. The van der Waals surface area contributed by atoms with Crippen molar-refractivity contribution in [2.75, 3.05) is 26.2 Å². The molecule has 0 atom stereocenters. The van der Waals surface area contributed by atoms with Crippen LogP contribution in [-0.2, 0) is 16.2 Å². The number of hydrogen-bond donors (Lipinski definition) is 0. The van der Waals surface area contributed by atoms with Gasteiger partial charge in [0.2, 0.25) is 5.91 Å². The van der Waals surface area contributed by atoms with E-state index in [0.717, 1.165) is 45.1 Å². The van der Waals surface area contributed by atoms with E-state index in [2.05, 4.69) is 22.6 Å². The molecule has 3 amide bonds. The predicted octanol–water partition coefficient (Wildman–Crippen LogP) is 5.32. The summed E-state index contributed by atoms with van der Waals surface area (Å²) >= 11 is 3.11. The van der Waals surface area contributed by atoms with Crippen molar-refractivity contribution < 1.29 is 23.9 Å². The minimum atomic E-state index is -0.442. The molecule has 2 aliphatic rings. The van der Waals surface area contributed by atoms with E-state index >= 15 is 0 Å². The van der Waals surface area contributed by atoms with Crippen molar-refractivity contribution in [3.05, 3.63) is 62.1 Å². The van der Waals surface area contributed by atoms with Crippen LogP contribution in [0.25, 0.3) is 6.08 Å². The first-order valence-electron chi connectivity index (χ1n) is 11.6. The van der Waals surface area contributed by atoms with Gasteiger partial charge in [-0.25, -0.2) is 0 Å². The topological polar surface area (TPSA) is 76.2 Å². The minimum Gasteiger partial charge on any atom is -0.490 e. The zero-order valence-electron chi connectivity index (χ0n) is 19.5. The van der Waals surface area contributed by atoms with Crippen molar-refractivity contribution in [2.24, 2.45) is 0 Å².